The molecule has 0 saturated heterocycles. The van der Waals surface area contributed by atoms with Gasteiger partial charge in [-0.1, -0.05) is 80.6 Å². The molecule has 1 amide bonds. The van der Waals surface area contributed by atoms with Gasteiger partial charge in [0.1, 0.15) is 6.04 Å². The van der Waals surface area contributed by atoms with Crippen LogP contribution in [0.3, 0.4) is 0 Å². The Morgan fingerprint density at radius 3 is 2.37 bits per heavy atom. The van der Waals surface area contributed by atoms with Crippen molar-refractivity contribution in [3.8, 4) is 11.1 Å². The molecule has 1 saturated carbocycles. The summed E-state index contributed by atoms with van der Waals surface area (Å²) in [5, 5.41) is 12.5. The van der Waals surface area contributed by atoms with Crippen LogP contribution in [0.4, 0.5) is 0 Å². The summed E-state index contributed by atoms with van der Waals surface area (Å²) >= 11 is 3.43. The molecule has 0 spiro atoms. The summed E-state index contributed by atoms with van der Waals surface area (Å²) in [4.78, 5) is 26.7. The van der Waals surface area contributed by atoms with Crippen molar-refractivity contribution in [2.75, 3.05) is 17.8 Å². The molecule has 226 valence electrons. The maximum absolute atomic E-state index is 13.5. The van der Waals surface area contributed by atoms with E-state index in [9.17, 15) is 14.7 Å². The zero-order valence-corrected chi connectivity index (χ0v) is 27.4. The van der Waals surface area contributed by atoms with Crippen molar-refractivity contribution in [3.05, 3.63) is 89.5 Å². The Bertz CT molecular complexity index is 1320. The molecule has 3 aromatic rings. The molecule has 0 heterocycles. The number of carbonyl (C=O) groups is 2. The second-order valence-electron chi connectivity index (χ2n) is 11.4. The molecule has 0 radical (unpaired) electrons. The second-order valence-corrected chi connectivity index (χ2v) is 13.5. The molecule has 4 rings (SSSR count). The van der Waals surface area contributed by atoms with E-state index in [0.717, 1.165) is 34.4 Å². The molecule has 1 aliphatic rings. The summed E-state index contributed by atoms with van der Waals surface area (Å²) in [6, 6.07) is 23.3. The number of carboxylic acids is 1. The number of aryl methyl sites for hydroxylation is 1. The molecular weight excluding hydrogens is 567 g/mol. The van der Waals surface area contributed by atoms with Crippen molar-refractivity contribution >= 4 is 35.4 Å². The zero-order valence-electron chi connectivity index (χ0n) is 26.8. The van der Waals surface area contributed by atoms with Gasteiger partial charge in [-0.15, -0.1) is 11.8 Å². The molecule has 1 aliphatic carbocycles. The molecule has 3 atom stereocenters. The molecule has 1 fully saturated rings. The van der Waals surface area contributed by atoms with Crippen LogP contribution >= 0.6 is 23.5 Å². The third kappa shape index (κ3) is 10.2. The zero-order chi connectivity index (χ0) is 29.9. The topological polar surface area (TPSA) is 92.4 Å². The van der Waals surface area contributed by atoms with Crippen LogP contribution in [-0.2, 0) is 4.79 Å². The van der Waals surface area contributed by atoms with E-state index in [2.05, 4.69) is 35.6 Å². The minimum Gasteiger partial charge on any atom is -1.00 e. The maximum atomic E-state index is 13.5. The summed E-state index contributed by atoms with van der Waals surface area (Å²) in [6.07, 6.45) is 9.86. The molecular formula is C35H45LiN2O3S2. The average molecular weight is 613 g/mol. The van der Waals surface area contributed by atoms with Gasteiger partial charge >= 0.3 is 24.8 Å². The number of benzene rings is 3. The SMILES string of the molecule is CSCCC(NC(=O)c1ccc(C(N)C(CSc2ccccc2)CC2CCCCC2)cc1-c1ccccc1C)C(=O)O.[H-].[Li+]. The largest absolute Gasteiger partial charge is 1.00 e. The summed E-state index contributed by atoms with van der Waals surface area (Å²) in [5.41, 5.74) is 11.4. The Kier molecular flexibility index (Phi) is 14.8. The van der Waals surface area contributed by atoms with Crippen molar-refractivity contribution < 1.29 is 35.0 Å². The Morgan fingerprint density at radius 2 is 1.70 bits per heavy atom. The molecule has 0 bridgehead atoms. The smallest absolute Gasteiger partial charge is 1.00 e. The van der Waals surface area contributed by atoms with Gasteiger partial charge in [0.25, 0.3) is 5.91 Å². The number of carboxylic acid groups (broad SMARTS) is 1. The van der Waals surface area contributed by atoms with E-state index in [1.807, 2.05) is 67.4 Å². The van der Waals surface area contributed by atoms with Gasteiger partial charge in [0.15, 0.2) is 0 Å². The monoisotopic (exact) mass is 612 g/mol. The van der Waals surface area contributed by atoms with E-state index in [4.69, 9.17) is 5.73 Å². The number of nitrogens with one attached hydrogen (secondary N) is 1. The Morgan fingerprint density at radius 1 is 1.00 bits per heavy atom. The summed E-state index contributed by atoms with van der Waals surface area (Å²) in [7, 11) is 0. The molecule has 8 heteroatoms. The minimum absolute atomic E-state index is 0. The van der Waals surface area contributed by atoms with Crippen molar-refractivity contribution in [2.45, 2.75) is 68.8 Å². The second kappa shape index (κ2) is 18.0. The van der Waals surface area contributed by atoms with Gasteiger partial charge in [-0.05, 0) is 90.1 Å². The van der Waals surface area contributed by atoms with Gasteiger partial charge in [0.05, 0.1) is 0 Å². The number of rotatable bonds is 14. The molecule has 5 nitrogen and oxygen atoms in total. The van der Waals surface area contributed by atoms with Crippen molar-refractivity contribution in [3.63, 3.8) is 0 Å². The number of thioether (sulfide) groups is 2. The Hall–Kier alpha value is -2.14. The molecule has 4 N–H and O–H groups in total. The van der Waals surface area contributed by atoms with E-state index in [-0.39, 0.29) is 38.2 Å². The van der Waals surface area contributed by atoms with E-state index < -0.39 is 12.0 Å². The van der Waals surface area contributed by atoms with E-state index in [0.29, 0.717) is 23.7 Å². The summed E-state index contributed by atoms with van der Waals surface area (Å²) < 4.78 is 0. The first kappa shape index (κ1) is 35.3. The molecule has 43 heavy (non-hydrogen) atoms. The number of hydrogen-bond donors (Lipinski definition) is 3. The van der Waals surface area contributed by atoms with Crippen LogP contribution in [-0.4, -0.2) is 40.8 Å². The fourth-order valence-electron chi connectivity index (χ4n) is 5.96. The summed E-state index contributed by atoms with van der Waals surface area (Å²) in [6.45, 7) is 2.03. The first-order valence-corrected chi connectivity index (χ1v) is 17.4. The molecule has 3 unspecified atom stereocenters. The normalized spacial score (nSPS) is 15.6. The van der Waals surface area contributed by atoms with E-state index >= 15 is 0 Å². The number of nitrogens with two attached hydrogens (primary N) is 1. The van der Waals surface area contributed by atoms with Crippen LogP contribution in [0.15, 0.2) is 77.7 Å². The number of aliphatic carboxylic acids is 1. The Balaban J connectivity index is 0.00000337. The van der Waals surface area contributed by atoms with Crippen molar-refractivity contribution in [2.24, 2.45) is 17.6 Å². The quantitative estimate of drug-likeness (QED) is 0.174. The fourth-order valence-corrected chi connectivity index (χ4v) is 7.53. The van der Waals surface area contributed by atoms with Crippen LogP contribution in [0, 0.1) is 18.8 Å². The standard InChI is InChI=1S/C35H44N2O3S2.Li.H/c1-24-11-9-10-16-29(24)31-22-26(17-18-30(31)34(38)37-32(35(39)40)19-20-41-2)33(36)27(21-25-12-5-3-6-13-25)23-42-28-14-7-4-8-15-28;;/h4,7-11,14-18,22,25,27,32-33H,3,5-6,12-13,19-21,23,36H2,1-2H3,(H,37,38)(H,39,40);;/q;+1;-1. The first-order valence-electron chi connectivity index (χ1n) is 15.0. The number of amides is 1. The van der Waals surface area contributed by atoms with Gasteiger partial charge in [-0.3, -0.25) is 4.79 Å². The average Bonchev–Trinajstić information content (AvgIpc) is 3.01. The molecule has 0 aromatic heterocycles. The van der Waals surface area contributed by atoms with Gasteiger partial charge in [-0.25, -0.2) is 4.79 Å². The number of carbonyl (C=O) groups excluding carboxylic acids is 1. The minimum atomic E-state index is -1.02. The van der Waals surface area contributed by atoms with Crippen LogP contribution < -0.4 is 29.9 Å². The van der Waals surface area contributed by atoms with Gasteiger partial charge in [0.2, 0.25) is 0 Å². The van der Waals surface area contributed by atoms with Gasteiger partial charge in [0, 0.05) is 22.3 Å². The van der Waals surface area contributed by atoms with Crippen LogP contribution in [0.5, 0.6) is 0 Å². The van der Waals surface area contributed by atoms with Gasteiger partial charge < -0.3 is 17.6 Å². The molecule has 3 aromatic carbocycles. The summed E-state index contributed by atoms with van der Waals surface area (Å²) in [5.74, 6) is 1.17. The predicted octanol–water partition coefficient (Wildman–Crippen LogP) is 5.09. The van der Waals surface area contributed by atoms with E-state index in [1.54, 1.807) is 11.8 Å². The third-order valence-corrected chi connectivity index (χ3v) is 10.2. The molecule has 0 aliphatic heterocycles. The number of hydrogen-bond acceptors (Lipinski definition) is 5. The fraction of sp³-hybridized carbons (Fsp3) is 0.429. The van der Waals surface area contributed by atoms with Crippen molar-refractivity contribution in [1.29, 1.82) is 0 Å². The van der Waals surface area contributed by atoms with Gasteiger partial charge in [-0.2, -0.15) is 11.8 Å². The third-order valence-electron chi connectivity index (χ3n) is 8.40. The van der Waals surface area contributed by atoms with Crippen molar-refractivity contribution in [1.82, 2.24) is 5.32 Å². The van der Waals surface area contributed by atoms with Crippen LogP contribution in [0.2, 0.25) is 0 Å². The predicted molar refractivity (Wildman–Crippen MR) is 178 cm³/mol. The maximum Gasteiger partial charge on any atom is 1.00 e. The van der Waals surface area contributed by atoms with Crippen LogP contribution in [0.1, 0.15) is 73.9 Å². The Labute approximate surface area is 279 Å². The van der Waals surface area contributed by atoms with Crippen LogP contribution in [0.25, 0.3) is 11.1 Å². The first-order chi connectivity index (χ1) is 20.4. The van der Waals surface area contributed by atoms with E-state index in [1.165, 1.54) is 37.0 Å².